The Morgan fingerprint density at radius 3 is 2.82 bits per heavy atom. The number of ether oxygens (including phenoxy) is 1. The molecule has 0 saturated carbocycles. The topological polar surface area (TPSA) is 29.6 Å². The van der Waals surface area contributed by atoms with Crippen molar-refractivity contribution in [1.29, 1.82) is 0 Å². The van der Waals surface area contributed by atoms with Crippen LogP contribution in [0.3, 0.4) is 0 Å². The summed E-state index contributed by atoms with van der Waals surface area (Å²) in [4.78, 5) is 10.1. The van der Waals surface area contributed by atoms with Gasteiger partial charge in [0.15, 0.2) is 0 Å². The SMILES string of the molecule is CC(CC/C=C/C=O)C1OC1c1ccccc1. The van der Waals surface area contributed by atoms with Gasteiger partial charge in [0.25, 0.3) is 0 Å². The molecule has 0 aromatic heterocycles. The van der Waals surface area contributed by atoms with Crippen molar-refractivity contribution in [3.8, 4) is 0 Å². The minimum Gasteiger partial charge on any atom is -0.364 e. The molecular weight excluding hydrogens is 212 g/mol. The Bertz CT molecular complexity index is 383. The molecule has 90 valence electrons. The predicted molar refractivity (Wildman–Crippen MR) is 67.7 cm³/mol. The minimum absolute atomic E-state index is 0.279. The lowest BCUT2D eigenvalue weighted by Crippen LogP contribution is -2.03. The Balaban J connectivity index is 1.78. The van der Waals surface area contributed by atoms with Crippen LogP contribution in [0.4, 0.5) is 0 Å². The lowest BCUT2D eigenvalue weighted by molar-refractivity contribution is -0.104. The maximum atomic E-state index is 10.1. The van der Waals surface area contributed by atoms with Crippen LogP contribution in [0, 0.1) is 5.92 Å². The number of rotatable bonds is 6. The molecule has 1 aliphatic rings. The van der Waals surface area contributed by atoms with Crippen LogP contribution in [0.2, 0.25) is 0 Å². The lowest BCUT2D eigenvalue weighted by atomic mass is 9.97. The largest absolute Gasteiger partial charge is 0.364 e. The van der Waals surface area contributed by atoms with Crippen molar-refractivity contribution < 1.29 is 9.53 Å². The Labute approximate surface area is 102 Å². The van der Waals surface area contributed by atoms with E-state index in [2.05, 4.69) is 19.1 Å². The van der Waals surface area contributed by atoms with E-state index >= 15 is 0 Å². The fourth-order valence-corrected chi connectivity index (χ4v) is 2.14. The van der Waals surface area contributed by atoms with Crippen LogP contribution in [0.5, 0.6) is 0 Å². The second kappa shape index (κ2) is 5.78. The third kappa shape index (κ3) is 3.27. The van der Waals surface area contributed by atoms with Crippen molar-refractivity contribution in [1.82, 2.24) is 0 Å². The summed E-state index contributed by atoms with van der Waals surface area (Å²) < 4.78 is 5.73. The van der Waals surface area contributed by atoms with E-state index in [1.807, 2.05) is 24.3 Å². The summed E-state index contributed by atoms with van der Waals surface area (Å²) in [6.45, 7) is 2.21. The molecule has 1 aromatic rings. The lowest BCUT2D eigenvalue weighted by Gasteiger charge is -2.05. The molecule has 1 saturated heterocycles. The first kappa shape index (κ1) is 12.1. The second-order valence-corrected chi connectivity index (χ2v) is 4.55. The molecule has 2 rings (SSSR count). The Morgan fingerprint density at radius 1 is 1.35 bits per heavy atom. The molecule has 1 fully saturated rings. The average molecular weight is 230 g/mol. The van der Waals surface area contributed by atoms with Gasteiger partial charge in [0.1, 0.15) is 12.4 Å². The zero-order valence-corrected chi connectivity index (χ0v) is 10.1. The molecule has 1 heterocycles. The van der Waals surface area contributed by atoms with E-state index in [-0.39, 0.29) is 6.10 Å². The molecule has 3 unspecified atom stereocenters. The first-order chi connectivity index (χ1) is 8.33. The predicted octanol–water partition coefficient (Wildman–Crippen LogP) is 3.30. The zero-order valence-electron chi connectivity index (χ0n) is 10.1. The van der Waals surface area contributed by atoms with Gasteiger partial charge >= 0.3 is 0 Å². The summed E-state index contributed by atoms with van der Waals surface area (Å²) in [6.07, 6.45) is 6.95. The van der Waals surface area contributed by atoms with E-state index in [1.54, 1.807) is 6.08 Å². The Hall–Kier alpha value is -1.41. The van der Waals surface area contributed by atoms with E-state index in [1.165, 1.54) is 5.56 Å². The summed E-state index contributed by atoms with van der Waals surface area (Å²) in [5.41, 5.74) is 1.27. The van der Waals surface area contributed by atoms with Gasteiger partial charge in [-0.15, -0.1) is 0 Å². The number of hydrogen-bond acceptors (Lipinski definition) is 2. The van der Waals surface area contributed by atoms with Gasteiger partial charge in [0.2, 0.25) is 0 Å². The standard InChI is InChI=1S/C15H18O2/c1-12(8-4-3-7-11-16)14-15(17-14)13-9-5-2-6-10-13/h2-3,5-7,9-12,14-15H,4,8H2,1H3/b7-3+. The van der Waals surface area contributed by atoms with Crippen LogP contribution >= 0.6 is 0 Å². The summed E-state index contributed by atoms with van der Waals surface area (Å²) >= 11 is 0. The fourth-order valence-electron chi connectivity index (χ4n) is 2.14. The first-order valence-electron chi connectivity index (χ1n) is 6.13. The molecule has 1 aromatic carbocycles. The van der Waals surface area contributed by atoms with Crippen molar-refractivity contribution in [3.05, 3.63) is 48.0 Å². The van der Waals surface area contributed by atoms with Crippen molar-refractivity contribution in [2.45, 2.75) is 32.0 Å². The van der Waals surface area contributed by atoms with E-state index in [0.29, 0.717) is 12.0 Å². The highest BCUT2D eigenvalue weighted by atomic mass is 16.6. The number of aldehydes is 1. The molecule has 0 bridgehead atoms. The highest BCUT2D eigenvalue weighted by molar-refractivity contribution is 5.64. The van der Waals surface area contributed by atoms with E-state index in [9.17, 15) is 4.79 Å². The average Bonchev–Trinajstić information content (AvgIpc) is 3.16. The maximum absolute atomic E-state index is 10.1. The van der Waals surface area contributed by atoms with Crippen molar-refractivity contribution in [2.24, 2.45) is 5.92 Å². The van der Waals surface area contributed by atoms with Gasteiger partial charge in [0, 0.05) is 0 Å². The summed E-state index contributed by atoms with van der Waals surface area (Å²) in [6, 6.07) is 10.3. The van der Waals surface area contributed by atoms with Crippen LogP contribution in [-0.2, 0) is 9.53 Å². The van der Waals surface area contributed by atoms with E-state index < -0.39 is 0 Å². The maximum Gasteiger partial charge on any atom is 0.142 e. The van der Waals surface area contributed by atoms with Crippen LogP contribution in [0.25, 0.3) is 0 Å². The van der Waals surface area contributed by atoms with Gasteiger partial charge in [0.05, 0.1) is 6.10 Å². The second-order valence-electron chi connectivity index (χ2n) is 4.55. The van der Waals surface area contributed by atoms with Crippen LogP contribution in [-0.4, -0.2) is 12.4 Å². The number of hydrogen-bond donors (Lipinski definition) is 0. The molecule has 2 nitrogen and oxygen atoms in total. The molecule has 0 amide bonds. The molecule has 17 heavy (non-hydrogen) atoms. The van der Waals surface area contributed by atoms with Crippen molar-refractivity contribution in [2.75, 3.05) is 0 Å². The molecule has 0 radical (unpaired) electrons. The van der Waals surface area contributed by atoms with Crippen LogP contribution in [0.1, 0.15) is 31.4 Å². The van der Waals surface area contributed by atoms with Crippen LogP contribution in [0.15, 0.2) is 42.5 Å². The van der Waals surface area contributed by atoms with Crippen molar-refractivity contribution >= 4 is 6.29 Å². The molecule has 3 atom stereocenters. The van der Waals surface area contributed by atoms with Gasteiger partial charge < -0.3 is 4.74 Å². The normalized spacial score (nSPS) is 24.8. The third-order valence-electron chi connectivity index (χ3n) is 3.22. The Morgan fingerprint density at radius 2 is 2.12 bits per heavy atom. The molecule has 0 N–H and O–H groups in total. The fraction of sp³-hybridized carbons (Fsp3) is 0.400. The van der Waals surface area contributed by atoms with Gasteiger partial charge in [-0.05, 0) is 30.4 Å². The van der Waals surface area contributed by atoms with Gasteiger partial charge in [-0.1, -0.05) is 43.3 Å². The molecular formula is C15H18O2. The molecule has 0 aliphatic carbocycles. The summed E-state index contributed by atoms with van der Waals surface area (Å²) in [7, 11) is 0. The number of carbonyl (C=O) groups is 1. The van der Waals surface area contributed by atoms with Gasteiger partial charge in [-0.25, -0.2) is 0 Å². The molecule has 1 aliphatic heterocycles. The van der Waals surface area contributed by atoms with E-state index in [0.717, 1.165) is 19.1 Å². The Kier molecular flexibility index (Phi) is 4.10. The first-order valence-corrected chi connectivity index (χ1v) is 6.13. The number of benzene rings is 1. The highest BCUT2D eigenvalue weighted by Gasteiger charge is 2.43. The van der Waals surface area contributed by atoms with Gasteiger partial charge in [-0.3, -0.25) is 4.79 Å². The summed E-state index contributed by atoms with van der Waals surface area (Å²) in [5.74, 6) is 0.538. The van der Waals surface area contributed by atoms with Crippen molar-refractivity contribution in [3.63, 3.8) is 0 Å². The quantitative estimate of drug-likeness (QED) is 0.426. The molecule has 0 spiro atoms. The number of allylic oxidation sites excluding steroid dienone is 2. The van der Waals surface area contributed by atoms with Crippen LogP contribution < -0.4 is 0 Å². The third-order valence-corrected chi connectivity index (χ3v) is 3.22. The monoisotopic (exact) mass is 230 g/mol. The highest BCUT2D eigenvalue weighted by Crippen LogP contribution is 2.44. The zero-order chi connectivity index (χ0) is 12.1. The molecule has 2 heteroatoms. The number of epoxide rings is 1. The van der Waals surface area contributed by atoms with Gasteiger partial charge in [-0.2, -0.15) is 0 Å². The smallest absolute Gasteiger partial charge is 0.142 e. The number of carbonyl (C=O) groups excluding carboxylic acids is 1. The summed E-state index contributed by atoms with van der Waals surface area (Å²) in [5, 5.41) is 0. The van der Waals surface area contributed by atoms with E-state index in [4.69, 9.17) is 4.74 Å². The minimum atomic E-state index is 0.279.